The fraction of sp³-hybridized carbons (Fsp3) is 0.308. The van der Waals surface area contributed by atoms with E-state index in [0.717, 1.165) is 67.1 Å². The predicted octanol–water partition coefficient (Wildman–Crippen LogP) is 7.74. The van der Waals surface area contributed by atoms with Gasteiger partial charge in [0.2, 0.25) is 0 Å². The third kappa shape index (κ3) is 9.49. The summed E-state index contributed by atoms with van der Waals surface area (Å²) < 4.78 is 11.5. The van der Waals surface area contributed by atoms with Crippen LogP contribution in [0.2, 0.25) is 5.02 Å². The first kappa shape index (κ1) is 35.5. The van der Waals surface area contributed by atoms with Gasteiger partial charge in [-0.05, 0) is 68.2 Å². The Kier molecular flexibility index (Phi) is 12.8. The number of aliphatic hydroxyl groups is 1. The number of hydrogen-bond acceptors (Lipinski definition) is 9. The van der Waals surface area contributed by atoms with Gasteiger partial charge in [-0.3, -0.25) is 4.90 Å². The summed E-state index contributed by atoms with van der Waals surface area (Å²) in [5, 5.41) is 9.52. The number of aliphatic hydroxyl groups excluding tert-OH is 1. The highest BCUT2D eigenvalue weighted by Gasteiger charge is 2.25. The molecule has 3 aliphatic heterocycles. The van der Waals surface area contributed by atoms with Gasteiger partial charge in [-0.25, -0.2) is 4.99 Å². The molecule has 1 fully saturated rings. The zero-order chi connectivity index (χ0) is 34.0. The third-order valence-corrected chi connectivity index (χ3v) is 10.9. The van der Waals surface area contributed by atoms with Crippen molar-refractivity contribution in [2.75, 3.05) is 79.8 Å². The normalized spacial score (nSPS) is 15.3. The summed E-state index contributed by atoms with van der Waals surface area (Å²) in [5.41, 5.74) is 4.51. The number of amidine groups is 1. The van der Waals surface area contributed by atoms with Crippen LogP contribution in [0.3, 0.4) is 0 Å². The minimum atomic E-state index is 0.0898. The van der Waals surface area contributed by atoms with Crippen LogP contribution >= 0.6 is 35.1 Å². The van der Waals surface area contributed by atoms with Gasteiger partial charge in [0.1, 0.15) is 18.2 Å². The first-order valence-corrected chi connectivity index (χ1v) is 18.7. The van der Waals surface area contributed by atoms with E-state index in [9.17, 15) is 0 Å². The Morgan fingerprint density at radius 3 is 2.27 bits per heavy atom. The highest BCUT2D eigenvalue weighted by Crippen LogP contribution is 2.42. The predicted molar refractivity (Wildman–Crippen MR) is 204 cm³/mol. The minimum absolute atomic E-state index is 0.0898. The molecule has 0 unspecified atom stereocenters. The number of hydrogen-bond donors (Lipinski definition) is 1. The van der Waals surface area contributed by atoms with Crippen LogP contribution in [-0.2, 0) is 9.47 Å². The standard InChI is InChI=1S/C21H25N3O2S.C18H18ClNOS/c25-14-16-26-15-13-23-9-11-24(12-10-23)21-17-5-1-3-7-19(17)27-20-8-4-2-6-18(20)22-21;1-20(2)9-10-21-16-11-13-5-3-4-6-17(13)22-18-8-7-14(19)12-15(16)18/h1-8,25H,9-16H2;3-8,11-12H,9-10H2,1-2H3. The quantitative estimate of drug-likeness (QED) is 0.177. The molecule has 0 radical (unpaired) electrons. The minimum Gasteiger partial charge on any atom is -0.492 e. The lowest BCUT2D eigenvalue weighted by atomic mass is 10.1. The molecule has 4 aromatic carbocycles. The SMILES string of the molecule is CN(C)CCOC1=Cc2ccccc2Sc2ccc(Cl)cc21.OCCOCCN1CCN(C2=Nc3ccccc3Sc3ccccc32)CC1. The lowest BCUT2D eigenvalue weighted by Crippen LogP contribution is -2.49. The number of aliphatic imine (C=N–C) groups is 1. The van der Waals surface area contributed by atoms with Crippen molar-refractivity contribution in [1.29, 1.82) is 0 Å². The van der Waals surface area contributed by atoms with E-state index in [-0.39, 0.29) is 6.61 Å². The fourth-order valence-corrected chi connectivity index (χ4v) is 7.95. The second-order valence-electron chi connectivity index (χ2n) is 12.1. The zero-order valence-corrected chi connectivity index (χ0v) is 30.4. The Bertz CT molecular complexity index is 1770. The molecule has 7 nitrogen and oxygen atoms in total. The van der Waals surface area contributed by atoms with Crippen molar-refractivity contribution in [3.8, 4) is 0 Å². The van der Waals surface area contributed by atoms with Crippen molar-refractivity contribution in [2.24, 2.45) is 4.99 Å². The molecule has 0 spiro atoms. The molecule has 0 amide bonds. The number of benzene rings is 4. The molecule has 1 N–H and O–H groups in total. The number of ether oxygens (including phenoxy) is 2. The third-order valence-electron chi connectivity index (χ3n) is 8.33. The van der Waals surface area contributed by atoms with Crippen molar-refractivity contribution in [3.63, 3.8) is 0 Å². The molecule has 1 saturated heterocycles. The summed E-state index contributed by atoms with van der Waals surface area (Å²) in [6.07, 6.45) is 2.11. The van der Waals surface area contributed by atoms with Crippen molar-refractivity contribution in [1.82, 2.24) is 14.7 Å². The van der Waals surface area contributed by atoms with E-state index in [0.29, 0.717) is 19.8 Å². The lowest BCUT2D eigenvalue weighted by Gasteiger charge is -2.36. The number of fused-ring (bicyclic) bond motifs is 4. The van der Waals surface area contributed by atoms with Gasteiger partial charge in [0, 0.05) is 75.0 Å². The summed E-state index contributed by atoms with van der Waals surface area (Å²) in [7, 11) is 4.08. The van der Waals surface area contributed by atoms with Crippen LogP contribution in [0.15, 0.2) is 116 Å². The van der Waals surface area contributed by atoms with E-state index in [4.69, 9.17) is 31.2 Å². The molecule has 7 rings (SSSR count). The number of likely N-dealkylation sites (N-methyl/N-ethyl adjacent to an activating group) is 1. The Hall–Kier alpha value is -3.28. The molecule has 0 aromatic heterocycles. The van der Waals surface area contributed by atoms with E-state index in [1.54, 1.807) is 23.5 Å². The number of nitrogens with zero attached hydrogens (tertiary/aromatic N) is 4. The molecule has 49 heavy (non-hydrogen) atoms. The molecule has 0 saturated carbocycles. The van der Waals surface area contributed by atoms with E-state index in [2.05, 4.69) is 99.6 Å². The van der Waals surface area contributed by atoms with Gasteiger partial charge in [0.05, 0.1) is 25.5 Å². The smallest absolute Gasteiger partial charge is 0.137 e. The largest absolute Gasteiger partial charge is 0.492 e. The van der Waals surface area contributed by atoms with Gasteiger partial charge < -0.3 is 24.4 Å². The maximum atomic E-state index is 8.79. The van der Waals surface area contributed by atoms with Gasteiger partial charge >= 0.3 is 0 Å². The first-order chi connectivity index (χ1) is 24.0. The van der Waals surface area contributed by atoms with Crippen molar-refractivity contribution in [3.05, 3.63) is 113 Å². The second kappa shape index (κ2) is 17.6. The van der Waals surface area contributed by atoms with Gasteiger partial charge in [-0.1, -0.05) is 83.7 Å². The van der Waals surface area contributed by atoms with E-state index in [1.165, 1.54) is 30.7 Å². The van der Waals surface area contributed by atoms with E-state index < -0.39 is 0 Å². The van der Waals surface area contributed by atoms with Crippen LogP contribution in [0.5, 0.6) is 0 Å². The Labute approximate surface area is 303 Å². The summed E-state index contributed by atoms with van der Waals surface area (Å²) in [5.74, 6) is 1.97. The summed E-state index contributed by atoms with van der Waals surface area (Å²) in [6, 6.07) is 31.3. The van der Waals surface area contributed by atoms with Crippen LogP contribution in [-0.4, -0.2) is 105 Å². The number of piperazine rings is 1. The maximum Gasteiger partial charge on any atom is 0.137 e. The van der Waals surface area contributed by atoms with Gasteiger partial charge in [-0.2, -0.15) is 0 Å². The van der Waals surface area contributed by atoms with Gasteiger partial charge in [-0.15, -0.1) is 0 Å². The molecular weight excluding hydrogens is 672 g/mol. The van der Waals surface area contributed by atoms with Crippen LogP contribution in [0.4, 0.5) is 5.69 Å². The van der Waals surface area contributed by atoms with Crippen molar-refractivity contribution in [2.45, 2.75) is 19.6 Å². The van der Waals surface area contributed by atoms with Crippen molar-refractivity contribution < 1.29 is 14.6 Å². The molecule has 0 aliphatic carbocycles. The van der Waals surface area contributed by atoms with E-state index >= 15 is 0 Å². The maximum absolute atomic E-state index is 8.79. The highest BCUT2D eigenvalue weighted by atomic mass is 35.5. The topological polar surface area (TPSA) is 60.8 Å². The Balaban J connectivity index is 0.000000174. The van der Waals surface area contributed by atoms with Crippen molar-refractivity contribution >= 4 is 58.5 Å². The van der Waals surface area contributed by atoms with Crippen LogP contribution in [0.25, 0.3) is 11.8 Å². The molecule has 4 aromatic rings. The van der Waals surface area contributed by atoms with E-state index in [1.807, 2.05) is 26.2 Å². The zero-order valence-electron chi connectivity index (χ0n) is 28.1. The van der Waals surface area contributed by atoms with Crippen LogP contribution in [0, 0.1) is 0 Å². The molecule has 0 atom stereocenters. The number of halogens is 1. The molecule has 256 valence electrons. The highest BCUT2D eigenvalue weighted by molar-refractivity contribution is 7.99. The average molecular weight is 715 g/mol. The van der Waals surface area contributed by atoms with Crippen LogP contribution < -0.4 is 0 Å². The first-order valence-electron chi connectivity index (χ1n) is 16.7. The van der Waals surface area contributed by atoms with Gasteiger partial charge in [0.25, 0.3) is 0 Å². The van der Waals surface area contributed by atoms with Crippen LogP contribution in [0.1, 0.15) is 16.7 Å². The Morgan fingerprint density at radius 2 is 1.47 bits per heavy atom. The Morgan fingerprint density at radius 1 is 0.776 bits per heavy atom. The molecule has 0 bridgehead atoms. The molecule has 3 heterocycles. The molecule has 10 heteroatoms. The average Bonchev–Trinajstić information content (AvgIpc) is 3.38. The number of para-hydroxylation sites is 1. The van der Waals surface area contributed by atoms with Gasteiger partial charge in [0.15, 0.2) is 0 Å². The lowest BCUT2D eigenvalue weighted by molar-refractivity contribution is 0.0652. The number of rotatable bonds is 9. The fourth-order valence-electron chi connectivity index (χ4n) is 5.73. The second-order valence-corrected chi connectivity index (χ2v) is 14.7. The summed E-state index contributed by atoms with van der Waals surface area (Å²) >= 11 is 9.74. The monoisotopic (exact) mass is 714 g/mol. The molecule has 3 aliphatic rings. The summed E-state index contributed by atoms with van der Waals surface area (Å²) in [4.78, 5) is 16.9. The molecular formula is C39H43ClN4O3S2. The summed E-state index contributed by atoms with van der Waals surface area (Å²) in [6.45, 7) is 7.54.